The molecule has 34 heavy (non-hydrogen) atoms. The number of anilines is 2. The van der Waals surface area contributed by atoms with Crippen LogP contribution in [0, 0.1) is 0 Å². The SMILES string of the molecule is CS(=O)(=NCC(N)=O)c1ccc(C(=O)Nc2ccc(Cl)cc2C(=O)Nc2ccc(Cl)cn2)cc1. The van der Waals surface area contributed by atoms with Crippen LogP contribution >= 0.6 is 23.2 Å². The summed E-state index contributed by atoms with van der Waals surface area (Å²) < 4.78 is 16.5. The molecule has 1 aromatic heterocycles. The van der Waals surface area contributed by atoms with Gasteiger partial charge in [-0.3, -0.25) is 14.4 Å². The van der Waals surface area contributed by atoms with E-state index >= 15 is 0 Å². The number of amides is 3. The first kappa shape index (κ1) is 25.2. The number of nitrogens with two attached hydrogens (primary N) is 1. The van der Waals surface area contributed by atoms with Gasteiger partial charge in [0.15, 0.2) is 0 Å². The fourth-order valence-corrected chi connectivity index (χ4v) is 4.21. The zero-order chi connectivity index (χ0) is 24.9. The Kier molecular flexibility index (Phi) is 7.87. The van der Waals surface area contributed by atoms with Crippen LogP contribution in [0.3, 0.4) is 0 Å². The van der Waals surface area contributed by atoms with Crippen LogP contribution in [-0.2, 0) is 14.5 Å². The van der Waals surface area contributed by atoms with Gasteiger partial charge in [-0.1, -0.05) is 23.2 Å². The molecule has 1 unspecified atom stereocenters. The number of pyridine rings is 1. The molecule has 3 rings (SSSR count). The first-order chi connectivity index (χ1) is 16.0. The van der Waals surface area contributed by atoms with Crippen LogP contribution in [0.1, 0.15) is 20.7 Å². The smallest absolute Gasteiger partial charge is 0.258 e. The molecule has 1 atom stereocenters. The molecule has 12 heteroatoms. The average Bonchev–Trinajstić information content (AvgIpc) is 2.80. The van der Waals surface area contributed by atoms with E-state index < -0.39 is 27.5 Å². The van der Waals surface area contributed by atoms with Gasteiger partial charge in [0, 0.05) is 27.9 Å². The van der Waals surface area contributed by atoms with Crippen molar-refractivity contribution in [3.05, 3.63) is 82.0 Å². The highest BCUT2D eigenvalue weighted by Gasteiger charge is 2.17. The van der Waals surface area contributed by atoms with E-state index in [1.54, 1.807) is 6.07 Å². The third-order valence-corrected chi connectivity index (χ3v) is 6.69. The molecule has 0 spiro atoms. The molecule has 0 saturated heterocycles. The lowest BCUT2D eigenvalue weighted by Gasteiger charge is -2.12. The van der Waals surface area contributed by atoms with Crippen molar-refractivity contribution in [2.75, 3.05) is 23.4 Å². The second-order valence-electron chi connectivity index (χ2n) is 7.04. The third-order valence-electron chi connectivity index (χ3n) is 4.46. The van der Waals surface area contributed by atoms with Crippen LogP contribution in [0.2, 0.25) is 10.0 Å². The van der Waals surface area contributed by atoms with Crippen LogP contribution in [0.15, 0.2) is 70.1 Å². The molecule has 3 amide bonds. The minimum atomic E-state index is -2.85. The maximum absolute atomic E-state index is 12.8. The van der Waals surface area contributed by atoms with Crippen molar-refractivity contribution >= 4 is 62.2 Å². The summed E-state index contributed by atoms with van der Waals surface area (Å²) >= 11 is 11.9. The topological polar surface area (TPSA) is 144 Å². The van der Waals surface area contributed by atoms with E-state index in [0.29, 0.717) is 14.9 Å². The van der Waals surface area contributed by atoms with Crippen molar-refractivity contribution in [2.24, 2.45) is 10.1 Å². The molecule has 0 fully saturated rings. The zero-order valence-electron chi connectivity index (χ0n) is 17.7. The summed E-state index contributed by atoms with van der Waals surface area (Å²) in [6.45, 7) is -0.371. The molecule has 0 aliphatic carbocycles. The van der Waals surface area contributed by atoms with Crippen LogP contribution in [0.4, 0.5) is 11.5 Å². The standard InChI is InChI=1S/C22H19Cl2N5O4S/c1-34(33,27-12-19(25)30)16-6-2-13(3-7-16)21(31)28-18-8-4-14(23)10-17(18)22(32)29-20-9-5-15(24)11-26-20/h2-11H,12H2,1H3,(H2,25,30)(H,28,31)(H,26,29,32). The van der Waals surface area contributed by atoms with Gasteiger partial charge in [-0.25, -0.2) is 13.6 Å². The first-order valence-corrected chi connectivity index (χ1v) is 12.3. The lowest BCUT2D eigenvalue weighted by atomic mass is 10.1. The number of hydrogen-bond donors (Lipinski definition) is 3. The first-order valence-electron chi connectivity index (χ1n) is 9.65. The second kappa shape index (κ2) is 10.6. The van der Waals surface area contributed by atoms with Crippen molar-refractivity contribution in [3.8, 4) is 0 Å². The number of benzene rings is 2. The Morgan fingerprint density at radius 1 is 0.971 bits per heavy atom. The summed E-state index contributed by atoms with van der Waals surface area (Å²) in [6, 6.07) is 13.4. The van der Waals surface area contributed by atoms with Gasteiger partial charge < -0.3 is 16.4 Å². The van der Waals surface area contributed by atoms with Gasteiger partial charge in [0.25, 0.3) is 11.8 Å². The maximum Gasteiger partial charge on any atom is 0.258 e. The number of carbonyl (C=O) groups excluding carboxylic acids is 3. The fraction of sp³-hybridized carbons (Fsp3) is 0.0909. The van der Waals surface area contributed by atoms with Crippen LogP contribution in [-0.4, -0.2) is 39.7 Å². The summed E-state index contributed by atoms with van der Waals surface area (Å²) in [4.78, 5) is 40.8. The van der Waals surface area contributed by atoms with Gasteiger partial charge in [-0.05, 0) is 54.6 Å². The van der Waals surface area contributed by atoms with Crippen molar-refractivity contribution in [1.82, 2.24) is 4.98 Å². The van der Waals surface area contributed by atoms with Gasteiger partial charge in [-0.2, -0.15) is 0 Å². The minimum Gasteiger partial charge on any atom is -0.368 e. The fourth-order valence-electron chi connectivity index (χ4n) is 2.76. The van der Waals surface area contributed by atoms with Crippen molar-refractivity contribution < 1.29 is 18.6 Å². The Hall–Kier alpha value is -3.47. The summed E-state index contributed by atoms with van der Waals surface area (Å²) in [5, 5.41) is 6.01. The number of hydrogen-bond acceptors (Lipinski definition) is 6. The molecule has 9 nitrogen and oxygen atoms in total. The highest BCUT2D eigenvalue weighted by atomic mass is 35.5. The Bertz CT molecular complexity index is 1370. The highest BCUT2D eigenvalue weighted by Crippen LogP contribution is 2.23. The summed E-state index contributed by atoms with van der Waals surface area (Å²) in [7, 11) is -2.85. The molecular weight excluding hydrogens is 501 g/mol. The Labute approximate surface area is 205 Å². The largest absolute Gasteiger partial charge is 0.368 e. The van der Waals surface area contributed by atoms with E-state index in [1.807, 2.05) is 0 Å². The molecule has 0 radical (unpaired) electrons. The molecule has 4 N–H and O–H groups in total. The van der Waals surface area contributed by atoms with E-state index in [1.165, 1.54) is 61.0 Å². The van der Waals surface area contributed by atoms with Gasteiger partial charge in [0.1, 0.15) is 12.4 Å². The van der Waals surface area contributed by atoms with Crippen molar-refractivity contribution in [1.29, 1.82) is 0 Å². The van der Waals surface area contributed by atoms with Crippen LogP contribution in [0.25, 0.3) is 0 Å². The molecule has 176 valence electrons. The Balaban J connectivity index is 1.80. The van der Waals surface area contributed by atoms with E-state index in [4.69, 9.17) is 28.9 Å². The normalized spacial score (nSPS) is 12.3. The minimum absolute atomic E-state index is 0.121. The molecule has 0 saturated carbocycles. The number of nitrogens with one attached hydrogen (secondary N) is 2. The van der Waals surface area contributed by atoms with Crippen molar-refractivity contribution in [3.63, 3.8) is 0 Å². The van der Waals surface area contributed by atoms with Crippen LogP contribution < -0.4 is 16.4 Å². The lowest BCUT2D eigenvalue weighted by molar-refractivity contribution is -0.116. The Morgan fingerprint density at radius 3 is 2.26 bits per heavy atom. The predicted molar refractivity (Wildman–Crippen MR) is 132 cm³/mol. The van der Waals surface area contributed by atoms with E-state index in [9.17, 15) is 18.6 Å². The number of halogens is 2. The second-order valence-corrected chi connectivity index (χ2v) is 10.2. The van der Waals surface area contributed by atoms with Gasteiger partial charge in [0.2, 0.25) is 5.91 Å². The molecule has 3 aromatic rings. The van der Waals surface area contributed by atoms with E-state index in [0.717, 1.165) is 0 Å². The highest BCUT2D eigenvalue weighted by molar-refractivity contribution is 7.93. The molecular formula is C22H19Cl2N5O4S. The number of carbonyl (C=O) groups is 3. The molecule has 0 aliphatic heterocycles. The summed E-state index contributed by atoms with van der Waals surface area (Å²) in [5.74, 6) is -1.47. The summed E-state index contributed by atoms with van der Waals surface area (Å²) in [5.41, 5.74) is 5.64. The van der Waals surface area contributed by atoms with Gasteiger partial charge >= 0.3 is 0 Å². The average molecular weight is 520 g/mol. The van der Waals surface area contributed by atoms with Gasteiger partial charge in [0.05, 0.1) is 26.0 Å². The van der Waals surface area contributed by atoms with Crippen LogP contribution in [0.5, 0.6) is 0 Å². The quantitative estimate of drug-likeness (QED) is 0.434. The molecule has 0 bridgehead atoms. The monoisotopic (exact) mass is 519 g/mol. The predicted octanol–water partition coefficient (Wildman–Crippen LogP) is 3.84. The van der Waals surface area contributed by atoms with E-state index in [-0.39, 0.29) is 29.2 Å². The zero-order valence-corrected chi connectivity index (χ0v) is 20.1. The molecule has 0 aliphatic rings. The number of rotatable bonds is 7. The number of aromatic nitrogens is 1. The summed E-state index contributed by atoms with van der Waals surface area (Å²) in [6.07, 6.45) is 2.76. The van der Waals surface area contributed by atoms with Crippen molar-refractivity contribution in [2.45, 2.75) is 4.90 Å². The molecule has 2 aromatic carbocycles. The van der Waals surface area contributed by atoms with E-state index in [2.05, 4.69) is 20.0 Å². The molecule has 1 heterocycles. The number of primary amides is 1. The lowest BCUT2D eigenvalue weighted by Crippen LogP contribution is -2.19. The maximum atomic E-state index is 12.8. The van der Waals surface area contributed by atoms with Gasteiger partial charge in [-0.15, -0.1) is 0 Å². The Morgan fingerprint density at radius 2 is 1.65 bits per heavy atom. The number of nitrogens with zero attached hydrogens (tertiary/aromatic N) is 2. The third kappa shape index (κ3) is 6.53.